The van der Waals surface area contributed by atoms with Crippen molar-refractivity contribution in [2.45, 2.75) is 20.8 Å². The molecule has 1 N–H and O–H groups in total. The largest absolute Gasteiger partial charge is 0.290 e. The minimum absolute atomic E-state index is 0.0740. The second-order valence-corrected chi connectivity index (χ2v) is 6.52. The van der Waals surface area contributed by atoms with Crippen LogP contribution in [0, 0.1) is 5.92 Å². The molecular formula is C21H23N3O. The summed E-state index contributed by atoms with van der Waals surface area (Å²) in [7, 11) is 0. The van der Waals surface area contributed by atoms with Crippen LogP contribution in [0.25, 0.3) is 16.9 Å². The lowest BCUT2D eigenvalue weighted by Gasteiger charge is -2.04. The molecule has 0 unspecified atom stereocenters. The number of benzene rings is 2. The van der Waals surface area contributed by atoms with Crippen molar-refractivity contribution in [1.82, 2.24) is 9.78 Å². The molecule has 0 saturated carbocycles. The molecule has 0 bridgehead atoms. The standard InChI is InChI=1S/C21H23N3O/c1-15(2)14-22-16(3)19-20(17-10-6-4-7-11-17)23-24(21(19)25)18-12-8-5-9-13-18/h4-13,15,23H,14H2,1-3H3. The van der Waals surface area contributed by atoms with Gasteiger partial charge in [0.25, 0.3) is 5.56 Å². The fraction of sp³-hybridized carbons (Fsp3) is 0.238. The number of nitrogens with zero attached hydrogens (tertiary/aromatic N) is 2. The van der Waals surface area contributed by atoms with E-state index in [9.17, 15) is 4.79 Å². The van der Waals surface area contributed by atoms with Crippen LogP contribution in [-0.2, 0) is 0 Å². The molecule has 0 radical (unpaired) electrons. The van der Waals surface area contributed by atoms with E-state index in [2.05, 4.69) is 23.9 Å². The molecule has 0 aliphatic carbocycles. The van der Waals surface area contributed by atoms with E-state index in [1.807, 2.05) is 67.6 Å². The average molecular weight is 333 g/mol. The van der Waals surface area contributed by atoms with Gasteiger partial charge in [-0.2, -0.15) is 0 Å². The number of nitrogens with one attached hydrogen (secondary N) is 1. The first-order chi connectivity index (χ1) is 12.1. The fourth-order valence-corrected chi connectivity index (χ4v) is 2.74. The van der Waals surface area contributed by atoms with Gasteiger partial charge < -0.3 is 0 Å². The van der Waals surface area contributed by atoms with Crippen LogP contribution in [0.3, 0.4) is 0 Å². The lowest BCUT2D eigenvalue weighted by molar-refractivity contribution is 0.665. The summed E-state index contributed by atoms with van der Waals surface area (Å²) in [4.78, 5) is 17.7. The Balaban J connectivity index is 2.20. The lowest BCUT2D eigenvalue weighted by atomic mass is 10.1. The van der Waals surface area contributed by atoms with Gasteiger partial charge in [-0.25, -0.2) is 4.68 Å². The summed E-state index contributed by atoms with van der Waals surface area (Å²) in [6, 6.07) is 19.5. The normalized spacial score (nSPS) is 11.9. The van der Waals surface area contributed by atoms with Gasteiger partial charge in [-0.15, -0.1) is 0 Å². The van der Waals surface area contributed by atoms with Gasteiger partial charge in [0.2, 0.25) is 0 Å². The van der Waals surface area contributed by atoms with Gasteiger partial charge in [0.15, 0.2) is 0 Å². The van der Waals surface area contributed by atoms with Crippen LogP contribution < -0.4 is 5.56 Å². The molecule has 0 aliphatic rings. The average Bonchev–Trinajstić information content (AvgIpc) is 2.98. The van der Waals surface area contributed by atoms with Crippen LogP contribution in [0.4, 0.5) is 0 Å². The smallest absolute Gasteiger partial charge is 0.280 e. The molecule has 2 aromatic carbocycles. The van der Waals surface area contributed by atoms with Gasteiger partial charge in [-0.1, -0.05) is 62.4 Å². The zero-order valence-electron chi connectivity index (χ0n) is 14.9. The summed E-state index contributed by atoms with van der Waals surface area (Å²) in [5.74, 6) is 0.449. The van der Waals surface area contributed by atoms with Crippen molar-refractivity contribution in [1.29, 1.82) is 0 Å². The van der Waals surface area contributed by atoms with Crippen LogP contribution in [0.1, 0.15) is 26.3 Å². The highest BCUT2D eigenvalue weighted by Crippen LogP contribution is 2.21. The van der Waals surface area contributed by atoms with Crippen molar-refractivity contribution in [3.63, 3.8) is 0 Å². The Morgan fingerprint density at radius 3 is 2.24 bits per heavy atom. The SMILES string of the molecule is CC(=NCC(C)C)c1c(-c2ccccc2)[nH]n(-c2ccccc2)c1=O. The van der Waals surface area contributed by atoms with Gasteiger partial charge in [0.1, 0.15) is 0 Å². The van der Waals surface area contributed by atoms with Crippen molar-refractivity contribution in [2.24, 2.45) is 10.9 Å². The Bertz CT molecular complexity index is 919. The molecule has 25 heavy (non-hydrogen) atoms. The quantitative estimate of drug-likeness (QED) is 0.695. The monoisotopic (exact) mass is 333 g/mol. The Hall–Kier alpha value is -2.88. The summed E-state index contributed by atoms with van der Waals surface area (Å²) in [5, 5.41) is 3.27. The molecule has 1 aromatic heterocycles. The first-order valence-corrected chi connectivity index (χ1v) is 8.55. The van der Waals surface area contributed by atoms with Gasteiger partial charge in [-0.05, 0) is 25.0 Å². The van der Waals surface area contributed by atoms with Gasteiger partial charge in [0, 0.05) is 17.8 Å². The summed E-state index contributed by atoms with van der Waals surface area (Å²) >= 11 is 0. The molecule has 4 heteroatoms. The summed E-state index contributed by atoms with van der Waals surface area (Å²) in [6.07, 6.45) is 0. The maximum Gasteiger partial charge on any atom is 0.280 e. The second-order valence-electron chi connectivity index (χ2n) is 6.52. The van der Waals surface area contributed by atoms with E-state index in [1.54, 1.807) is 4.68 Å². The third-order valence-electron chi connectivity index (χ3n) is 4.02. The molecule has 0 amide bonds. The summed E-state index contributed by atoms with van der Waals surface area (Å²) in [6.45, 7) is 6.85. The third kappa shape index (κ3) is 3.63. The predicted octanol–water partition coefficient (Wildman–Crippen LogP) is 4.30. The van der Waals surface area contributed by atoms with E-state index in [-0.39, 0.29) is 5.56 Å². The Kier molecular flexibility index (Phi) is 4.98. The Morgan fingerprint density at radius 1 is 1.04 bits per heavy atom. The van der Waals surface area contributed by atoms with Crippen molar-refractivity contribution in [3.8, 4) is 16.9 Å². The van der Waals surface area contributed by atoms with E-state index < -0.39 is 0 Å². The molecule has 0 saturated heterocycles. The molecule has 0 fully saturated rings. The Labute approximate surface area is 147 Å². The van der Waals surface area contributed by atoms with Gasteiger partial charge in [0.05, 0.1) is 16.9 Å². The summed E-state index contributed by atoms with van der Waals surface area (Å²) < 4.78 is 1.59. The topological polar surface area (TPSA) is 50.1 Å². The zero-order valence-corrected chi connectivity index (χ0v) is 14.9. The van der Waals surface area contributed by atoms with Crippen LogP contribution in [0.2, 0.25) is 0 Å². The van der Waals surface area contributed by atoms with Crippen LogP contribution >= 0.6 is 0 Å². The molecule has 4 nitrogen and oxygen atoms in total. The molecular weight excluding hydrogens is 310 g/mol. The van der Waals surface area contributed by atoms with Gasteiger partial charge >= 0.3 is 0 Å². The molecule has 1 heterocycles. The van der Waals surface area contributed by atoms with Gasteiger partial charge in [-0.3, -0.25) is 14.9 Å². The molecule has 0 atom stereocenters. The highest BCUT2D eigenvalue weighted by molar-refractivity contribution is 6.03. The third-order valence-corrected chi connectivity index (χ3v) is 4.02. The first kappa shape index (κ1) is 17.0. The van der Waals surface area contributed by atoms with Crippen LogP contribution in [0.15, 0.2) is 70.5 Å². The number of rotatable bonds is 5. The maximum absolute atomic E-state index is 13.1. The highest BCUT2D eigenvalue weighted by atomic mass is 16.1. The molecule has 3 rings (SSSR count). The van der Waals surface area contributed by atoms with E-state index in [4.69, 9.17) is 0 Å². The predicted molar refractivity (Wildman–Crippen MR) is 104 cm³/mol. The number of H-pyrrole nitrogens is 1. The minimum Gasteiger partial charge on any atom is -0.290 e. The number of aromatic amines is 1. The highest BCUT2D eigenvalue weighted by Gasteiger charge is 2.18. The summed E-state index contributed by atoms with van der Waals surface area (Å²) in [5.41, 5.74) is 3.92. The molecule has 0 spiro atoms. The number of hydrogen-bond donors (Lipinski definition) is 1. The fourth-order valence-electron chi connectivity index (χ4n) is 2.74. The van der Waals surface area contributed by atoms with E-state index >= 15 is 0 Å². The molecule has 3 aromatic rings. The minimum atomic E-state index is -0.0740. The van der Waals surface area contributed by atoms with Crippen molar-refractivity contribution in [3.05, 3.63) is 76.6 Å². The van der Waals surface area contributed by atoms with Crippen LogP contribution in [-0.4, -0.2) is 22.0 Å². The number of aromatic nitrogens is 2. The Morgan fingerprint density at radius 2 is 1.64 bits per heavy atom. The number of hydrogen-bond acceptors (Lipinski definition) is 2. The van der Waals surface area contributed by atoms with E-state index in [1.165, 1.54) is 0 Å². The maximum atomic E-state index is 13.1. The second kappa shape index (κ2) is 7.34. The van der Waals surface area contributed by atoms with Crippen molar-refractivity contribution < 1.29 is 0 Å². The molecule has 0 aliphatic heterocycles. The number of aliphatic imine (C=N–C) groups is 1. The lowest BCUT2D eigenvalue weighted by Crippen LogP contribution is -2.20. The van der Waals surface area contributed by atoms with E-state index in [0.29, 0.717) is 18.0 Å². The van der Waals surface area contributed by atoms with Crippen molar-refractivity contribution >= 4 is 5.71 Å². The van der Waals surface area contributed by atoms with Crippen molar-refractivity contribution in [2.75, 3.05) is 6.54 Å². The number of para-hydroxylation sites is 1. The molecule has 128 valence electrons. The first-order valence-electron chi connectivity index (χ1n) is 8.55. The van der Waals surface area contributed by atoms with Crippen LogP contribution in [0.5, 0.6) is 0 Å². The zero-order chi connectivity index (χ0) is 17.8. The van der Waals surface area contributed by atoms with E-state index in [0.717, 1.165) is 22.7 Å².